The van der Waals surface area contributed by atoms with Gasteiger partial charge in [-0.2, -0.15) is 4.31 Å². The summed E-state index contributed by atoms with van der Waals surface area (Å²) < 4.78 is 38.0. The fourth-order valence-corrected chi connectivity index (χ4v) is 5.60. The highest BCUT2D eigenvalue weighted by molar-refractivity contribution is 7.89. The number of halogens is 1. The van der Waals surface area contributed by atoms with Gasteiger partial charge >= 0.3 is 0 Å². The topological polar surface area (TPSA) is 118 Å². The second kappa shape index (κ2) is 13.7. The highest BCUT2D eigenvalue weighted by atomic mass is 35.5. The van der Waals surface area contributed by atoms with Crippen LogP contribution in [0.25, 0.3) is 0 Å². The van der Waals surface area contributed by atoms with Gasteiger partial charge in [-0.15, -0.1) is 0 Å². The summed E-state index contributed by atoms with van der Waals surface area (Å²) in [6.07, 6.45) is 1.64. The van der Waals surface area contributed by atoms with E-state index in [1.54, 1.807) is 49.5 Å². The van der Waals surface area contributed by atoms with Crippen LogP contribution >= 0.6 is 11.6 Å². The van der Waals surface area contributed by atoms with E-state index >= 15 is 0 Å². The van der Waals surface area contributed by atoms with E-state index < -0.39 is 22.0 Å². The molecule has 0 spiro atoms. The molecule has 10 nitrogen and oxygen atoms in total. The number of hydrogen-bond acceptors (Lipinski definition) is 7. The van der Waals surface area contributed by atoms with Crippen LogP contribution in [0.15, 0.2) is 77.8 Å². The van der Waals surface area contributed by atoms with Crippen LogP contribution in [-0.4, -0.2) is 73.4 Å². The zero-order chi connectivity index (χ0) is 28.5. The van der Waals surface area contributed by atoms with Crippen LogP contribution in [0, 0.1) is 0 Å². The molecule has 0 bridgehead atoms. The average molecular weight is 587 g/mol. The predicted octanol–water partition coefficient (Wildman–Crippen LogP) is 2.87. The molecule has 2 aromatic carbocycles. The number of nitrogens with one attached hydrogen (secondary N) is 1. The second-order valence-electron chi connectivity index (χ2n) is 9.14. The first-order chi connectivity index (χ1) is 19.2. The Bertz CT molecular complexity index is 1380. The lowest BCUT2D eigenvalue weighted by Gasteiger charge is -2.29. The molecule has 1 saturated heterocycles. The van der Waals surface area contributed by atoms with Gasteiger partial charge in [-0.05, 0) is 61.0 Å². The van der Waals surface area contributed by atoms with Gasteiger partial charge in [0.25, 0.3) is 5.91 Å². The standard InChI is InChI=1S/C28H31ClN4O6S/c1-21(28(35)31-18-24-4-2-3-13-30-24)33(19-22-5-7-23(29)8-6-22)27(34)20-39-25-9-11-26(12-10-25)40(36,37)32-14-16-38-17-15-32/h2-13,21H,14-20H2,1H3,(H,31,35)/t21-/m0/s1. The number of benzene rings is 2. The van der Waals surface area contributed by atoms with E-state index in [4.69, 9.17) is 21.1 Å². The SMILES string of the molecule is C[C@@H](C(=O)NCc1ccccn1)N(Cc1ccc(Cl)cc1)C(=O)COc1ccc(S(=O)(=O)N2CCOCC2)cc1. The molecule has 12 heteroatoms. The Balaban J connectivity index is 1.41. The first kappa shape index (κ1) is 29.5. The van der Waals surface area contributed by atoms with Gasteiger partial charge in [0.05, 0.1) is 30.3 Å². The highest BCUT2D eigenvalue weighted by Crippen LogP contribution is 2.21. The maximum Gasteiger partial charge on any atom is 0.261 e. The van der Waals surface area contributed by atoms with Crippen molar-refractivity contribution in [2.45, 2.75) is 31.0 Å². The Morgan fingerprint density at radius 3 is 2.42 bits per heavy atom. The van der Waals surface area contributed by atoms with Gasteiger partial charge in [0.15, 0.2) is 6.61 Å². The van der Waals surface area contributed by atoms with E-state index in [0.29, 0.717) is 42.8 Å². The molecule has 0 unspecified atom stereocenters. The van der Waals surface area contributed by atoms with E-state index in [9.17, 15) is 18.0 Å². The van der Waals surface area contributed by atoms with Crippen molar-refractivity contribution in [1.29, 1.82) is 0 Å². The van der Waals surface area contributed by atoms with Gasteiger partial charge in [0, 0.05) is 30.9 Å². The third-order valence-electron chi connectivity index (χ3n) is 6.40. The van der Waals surface area contributed by atoms with Crippen molar-refractivity contribution in [3.8, 4) is 5.75 Å². The third kappa shape index (κ3) is 7.79. The van der Waals surface area contributed by atoms with Crippen molar-refractivity contribution in [2.24, 2.45) is 0 Å². The summed E-state index contributed by atoms with van der Waals surface area (Å²) in [6, 6.07) is 17.5. The van der Waals surface area contributed by atoms with Crippen LogP contribution in [0.3, 0.4) is 0 Å². The Kier molecular flexibility index (Phi) is 10.1. The summed E-state index contributed by atoms with van der Waals surface area (Å²) in [5.41, 5.74) is 1.49. The maximum atomic E-state index is 13.3. The van der Waals surface area contributed by atoms with Crippen LogP contribution < -0.4 is 10.1 Å². The predicted molar refractivity (Wildman–Crippen MR) is 149 cm³/mol. The average Bonchev–Trinajstić information content (AvgIpc) is 2.99. The minimum atomic E-state index is -3.64. The molecule has 40 heavy (non-hydrogen) atoms. The summed E-state index contributed by atoms with van der Waals surface area (Å²) in [4.78, 5) is 32.1. The summed E-state index contributed by atoms with van der Waals surface area (Å²) in [6.45, 7) is 2.99. The molecule has 212 valence electrons. The van der Waals surface area contributed by atoms with Crippen LogP contribution in [0.2, 0.25) is 5.02 Å². The largest absolute Gasteiger partial charge is 0.484 e. The number of carbonyl (C=O) groups is 2. The van der Waals surface area contributed by atoms with E-state index in [1.807, 2.05) is 6.07 Å². The van der Waals surface area contributed by atoms with Crippen molar-refractivity contribution in [2.75, 3.05) is 32.9 Å². The quantitative estimate of drug-likeness (QED) is 0.367. The molecule has 0 saturated carbocycles. The number of hydrogen-bond donors (Lipinski definition) is 1. The molecule has 1 aromatic heterocycles. The maximum absolute atomic E-state index is 13.3. The number of rotatable bonds is 11. The number of sulfonamides is 1. The Hall–Kier alpha value is -3.51. The van der Waals surface area contributed by atoms with Gasteiger partial charge < -0.3 is 19.7 Å². The molecule has 4 rings (SSSR count). The zero-order valence-corrected chi connectivity index (χ0v) is 23.6. The Morgan fingerprint density at radius 1 is 1.07 bits per heavy atom. The molecule has 1 atom stereocenters. The molecule has 1 N–H and O–H groups in total. The molecule has 2 amide bonds. The van der Waals surface area contributed by atoms with Gasteiger partial charge in [-0.1, -0.05) is 29.8 Å². The fraction of sp³-hybridized carbons (Fsp3) is 0.321. The van der Waals surface area contributed by atoms with Crippen LogP contribution in [-0.2, 0) is 37.4 Å². The number of amides is 2. The third-order valence-corrected chi connectivity index (χ3v) is 8.56. The van der Waals surface area contributed by atoms with Crippen molar-refractivity contribution in [3.05, 3.63) is 89.2 Å². The van der Waals surface area contributed by atoms with Crippen molar-refractivity contribution < 1.29 is 27.5 Å². The molecule has 1 aliphatic rings. The van der Waals surface area contributed by atoms with E-state index in [1.165, 1.54) is 33.5 Å². The van der Waals surface area contributed by atoms with E-state index in [-0.39, 0.29) is 30.5 Å². The minimum absolute atomic E-state index is 0.135. The Labute approximate surface area is 238 Å². The number of ether oxygens (including phenoxy) is 2. The lowest BCUT2D eigenvalue weighted by molar-refractivity contribution is -0.142. The second-order valence-corrected chi connectivity index (χ2v) is 11.5. The molecule has 1 aliphatic heterocycles. The first-order valence-electron chi connectivity index (χ1n) is 12.8. The van der Waals surface area contributed by atoms with Gasteiger partial charge in [-0.25, -0.2) is 8.42 Å². The van der Waals surface area contributed by atoms with Crippen molar-refractivity contribution >= 4 is 33.4 Å². The molecule has 1 fully saturated rings. The number of morpholine rings is 1. The van der Waals surface area contributed by atoms with E-state index in [2.05, 4.69) is 10.3 Å². The minimum Gasteiger partial charge on any atom is -0.484 e. The number of pyridine rings is 1. The summed E-state index contributed by atoms with van der Waals surface area (Å²) in [5, 5.41) is 3.38. The molecule has 3 aromatic rings. The monoisotopic (exact) mass is 586 g/mol. The first-order valence-corrected chi connectivity index (χ1v) is 14.6. The smallest absolute Gasteiger partial charge is 0.261 e. The van der Waals surface area contributed by atoms with Crippen molar-refractivity contribution in [3.63, 3.8) is 0 Å². The van der Waals surface area contributed by atoms with Gasteiger partial charge in [-0.3, -0.25) is 14.6 Å². The summed E-state index contributed by atoms with van der Waals surface area (Å²) in [7, 11) is -3.64. The molecular weight excluding hydrogens is 556 g/mol. The highest BCUT2D eigenvalue weighted by Gasteiger charge is 2.28. The number of carbonyl (C=O) groups excluding carboxylic acids is 2. The van der Waals surface area contributed by atoms with Gasteiger partial charge in [0.2, 0.25) is 15.9 Å². The zero-order valence-electron chi connectivity index (χ0n) is 22.0. The molecule has 0 aliphatic carbocycles. The van der Waals surface area contributed by atoms with Gasteiger partial charge in [0.1, 0.15) is 11.8 Å². The molecular formula is C28H31ClN4O6S. The fourth-order valence-electron chi connectivity index (χ4n) is 4.07. The Morgan fingerprint density at radius 2 is 1.77 bits per heavy atom. The molecule has 0 radical (unpaired) electrons. The normalized spacial score (nSPS) is 14.8. The number of nitrogens with zero attached hydrogens (tertiary/aromatic N) is 3. The van der Waals surface area contributed by atoms with E-state index in [0.717, 1.165) is 5.56 Å². The van der Waals surface area contributed by atoms with Crippen LogP contribution in [0.4, 0.5) is 0 Å². The molecule has 2 heterocycles. The van der Waals surface area contributed by atoms with Crippen LogP contribution in [0.5, 0.6) is 5.75 Å². The lowest BCUT2D eigenvalue weighted by Crippen LogP contribution is -2.48. The number of aromatic nitrogens is 1. The lowest BCUT2D eigenvalue weighted by atomic mass is 10.1. The summed E-state index contributed by atoms with van der Waals surface area (Å²) >= 11 is 6.01. The van der Waals surface area contributed by atoms with Crippen molar-refractivity contribution in [1.82, 2.24) is 19.5 Å². The summed E-state index contributed by atoms with van der Waals surface area (Å²) in [5.74, 6) is -0.431. The van der Waals surface area contributed by atoms with Crippen LogP contribution in [0.1, 0.15) is 18.2 Å².